The van der Waals surface area contributed by atoms with Gasteiger partial charge in [0.15, 0.2) is 5.76 Å². The molecule has 2 aliphatic heterocycles. The highest BCUT2D eigenvalue weighted by Crippen LogP contribution is 2.38. The molecule has 2 aromatic carbocycles. The van der Waals surface area contributed by atoms with Crippen molar-refractivity contribution in [3.63, 3.8) is 0 Å². The highest BCUT2D eigenvalue weighted by Gasteiger charge is 2.34. The van der Waals surface area contributed by atoms with Crippen molar-refractivity contribution in [1.82, 2.24) is 14.8 Å². The van der Waals surface area contributed by atoms with Crippen molar-refractivity contribution in [2.24, 2.45) is 0 Å². The van der Waals surface area contributed by atoms with Gasteiger partial charge in [-0.1, -0.05) is 18.2 Å². The molecule has 1 atom stereocenters. The lowest BCUT2D eigenvalue weighted by atomic mass is 9.87. The maximum absolute atomic E-state index is 13.7. The zero-order valence-corrected chi connectivity index (χ0v) is 21.5. The summed E-state index contributed by atoms with van der Waals surface area (Å²) in [6.07, 6.45) is 4.22. The lowest BCUT2D eigenvalue weighted by Gasteiger charge is -2.37. The summed E-state index contributed by atoms with van der Waals surface area (Å²) in [5.74, 6) is 0.306. The molecule has 9 heteroatoms. The van der Waals surface area contributed by atoms with Gasteiger partial charge in [0.1, 0.15) is 28.9 Å². The molecule has 7 nitrogen and oxygen atoms in total. The Labute approximate surface area is 223 Å². The summed E-state index contributed by atoms with van der Waals surface area (Å²) in [7, 11) is 0. The van der Waals surface area contributed by atoms with Crippen molar-refractivity contribution in [1.29, 1.82) is 0 Å². The molecular formula is C29H26FN3O4S. The Morgan fingerprint density at radius 1 is 1.05 bits per heavy atom. The molecule has 0 radical (unpaired) electrons. The standard InChI is InChI=1S/C29H26FN3O4S/c30-21-8-5-20(6-9-21)27-23-16-22(10-7-19(23)11-14-33(27)29(35)25-4-3-15-36-25)37-17-26-31-24(18-38-26)28(34)32-12-1-2-13-32/h3-10,15-16,18,27H,1-2,11-14,17H2/t27-/m1/s1. The van der Waals surface area contributed by atoms with Gasteiger partial charge in [0.25, 0.3) is 11.8 Å². The van der Waals surface area contributed by atoms with E-state index in [2.05, 4.69) is 4.98 Å². The normalized spacial score (nSPS) is 16.9. The van der Waals surface area contributed by atoms with Gasteiger partial charge >= 0.3 is 0 Å². The van der Waals surface area contributed by atoms with Gasteiger partial charge in [0.05, 0.1) is 12.3 Å². The van der Waals surface area contributed by atoms with Gasteiger partial charge in [-0.2, -0.15) is 0 Å². The zero-order valence-electron chi connectivity index (χ0n) is 20.6. The topological polar surface area (TPSA) is 75.9 Å². The number of amides is 2. The van der Waals surface area contributed by atoms with E-state index in [4.69, 9.17) is 9.15 Å². The van der Waals surface area contributed by atoms with Crippen LogP contribution in [0.3, 0.4) is 0 Å². The molecule has 194 valence electrons. The third-order valence-corrected chi connectivity index (χ3v) is 7.87. The summed E-state index contributed by atoms with van der Waals surface area (Å²) < 4.78 is 25.2. The second-order valence-electron chi connectivity index (χ2n) is 9.46. The van der Waals surface area contributed by atoms with E-state index >= 15 is 0 Å². The lowest BCUT2D eigenvalue weighted by Crippen LogP contribution is -2.40. The molecule has 6 rings (SSSR count). The number of thiazole rings is 1. The van der Waals surface area contributed by atoms with Crippen LogP contribution >= 0.6 is 11.3 Å². The minimum absolute atomic E-state index is 0.0257. The molecule has 0 spiro atoms. The summed E-state index contributed by atoms with van der Waals surface area (Å²) >= 11 is 1.40. The number of rotatable bonds is 6. The van der Waals surface area contributed by atoms with Crippen molar-refractivity contribution < 1.29 is 23.1 Å². The monoisotopic (exact) mass is 531 g/mol. The van der Waals surface area contributed by atoms with Crippen LogP contribution in [-0.2, 0) is 13.0 Å². The molecule has 0 unspecified atom stereocenters. The minimum Gasteiger partial charge on any atom is -0.486 e. The van der Waals surface area contributed by atoms with Crippen LogP contribution in [0.4, 0.5) is 4.39 Å². The predicted molar refractivity (Wildman–Crippen MR) is 140 cm³/mol. The molecule has 0 N–H and O–H groups in total. The van der Waals surface area contributed by atoms with E-state index in [1.54, 1.807) is 34.5 Å². The van der Waals surface area contributed by atoms with E-state index in [0.29, 0.717) is 24.4 Å². The van der Waals surface area contributed by atoms with Gasteiger partial charge in [-0.15, -0.1) is 11.3 Å². The van der Waals surface area contributed by atoms with E-state index in [1.807, 2.05) is 23.1 Å². The second kappa shape index (κ2) is 10.4. The first kappa shape index (κ1) is 24.4. The summed E-state index contributed by atoms with van der Waals surface area (Å²) in [5.41, 5.74) is 3.28. The van der Waals surface area contributed by atoms with Crippen LogP contribution in [0.15, 0.2) is 70.7 Å². The van der Waals surface area contributed by atoms with E-state index in [9.17, 15) is 14.0 Å². The van der Waals surface area contributed by atoms with Crippen molar-refractivity contribution in [2.75, 3.05) is 19.6 Å². The fraction of sp³-hybridized carbons (Fsp3) is 0.276. The number of ether oxygens (including phenoxy) is 1. The number of carbonyl (C=O) groups excluding carboxylic acids is 2. The Morgan fingerprint density at radius 2 is 1.87 bits per heavy atom. The SMILES string of the molecule is O=C(c1csc(COc2ccc3c(c2)[C@@H](c2ccc(F)cc2)N(C(=O)c2ccco2)CC3)n1)N1CCCC1. The minimum atomic E-state index is -0.426. The number of halogens is 1. The third kappa shape index (κ3) is 4.81. The summed E-state index contributed by atoms with van der Waals surface area (Å²) in [5, 5.41) is 2.50. The number of furan rings is 1. The Balaban J connectivity index is 1.25. The number of likely N-dealkylation sites (tertiary alicyclic amines) is 1. The third-order valence-electron chi connectivity index (χ3n) is 7.05. The average molecular weight is 532 g/mol. The van der Waals surface area contributed by atoms with Crippen LogP contribution in [0, 0.1) is 5.82 Å². The zero-order chi connectivity index (χ0) is 26.1. The van der Waals surface area contributed by atoms with Gasteiger partial charge in [-0.05, 0) is 72.4 Å². The highest BCUT2D eigenvalue weighted by atomic mass is 32.1. The molecule has 0 saturated carbocycles. The first-order chi connectivity index (χ1) is 18.6. The molecule has 0 aliphatic carbocycles. The maximum Gasteiger partial charge on any atom is 0.290 e. The van der Waals surface area contributed by atoms with Crippen LogP contribution in [-0.4, -0.2) is 46.2 Å². The van der Waals surface area contributed by atoms with E-state index in [1.165, 1.54) is 29.7 Å². The number of nitrogens with zero attached hydrogens (tertiary/aromatic N) is 3. The molecule has 4 heterocycles. The molecular weight excluding hydrogens is 505 g/mol. The molecule has 1 saturated heterocycles. The van der Waals surface area contributed by atoms with Gasteiger partial charge < -0.3 is 19.0 Å². The van der Waals surface area contributed by atoms with Gasteiger partial charge in [0, 0.05) is 25.0 Å². The first-order valence-electron chi connectivity index (χ1n) is 12.7. The van der Waals surface area contributed by atoms with E-state index in [0.717, 1.165) is 47.6 Å². The van der Waals surface area contributed by atoms with Gasteiger partial charge in [-0.3, -0.25) is 9.59 Å². The summed E-state index contributed by atoms with van der Waals surface area (Å²) in [6, 6.07) is 15.0. The molecule has 2 aromatic heterocycles. The lowest BCUT2D eigenvalue weighted by molar-refractivity contribution is 0.0661. The van der Waals surface area contributed by atoms with Crippen LogP contribution in [0.25, 0.3) is 0 Å². The van der Waals surface area contributed by atoms with Crippen LogP contribution in [0.5, 0.6) is 5.75 Å². The number of carbonyl (C=O) groups is 2. The molecule has 38 heavy (non-hydrogen) atoms. The van der Waals surface area contributed by atoms with Crippen molar-refractivity contribution in [3.05, 3.63) is 105 Å². The molecule has 2 aliphatic rings. The summed E-state index contributed by atoms with van der Waals surface area (Å²) in [4.78, 5) is 34.1. The van der Waals surface area contributed by atoms with Crippen LogP contribution in [0.1, 0.15) is 61.6 Å². The Kier molecular flexibility index (Phi) is 6.68. The maximum atomic E-state index is 13.7. The van der Waals surface area contributed by atoms with Gasteiger partial charge in [-0.25, -0.2) is 9.37 Å². The molecule has 1 fully saturated rings. The summed E-state index contributed by atoms with van der Waals surface area (Å²) in [6.45, 7) is 2.30. The number of hydrogen-bond acceptors (Lipinski definition) is 6. The molecule has 2 amide bonds. The predicted octanol–water partition coefficient (Wildman–Crippen LogP) is 5.48. The molecule has 4 aromatic rings. The quantitative estimate of drug-likeness (QED) is 0.330. The van der Waals surface area contributed by atoms with Gasteiger partial charge in [0.2, 0.25) is 0 Å². The number of benzene rings is 2. The van der Waals surface area contributed by atoms with E-state index in [-0.39, 0.29) is 30.0 Å². The van der Waals surface area contributed by atoms with E-state index < -0.39 is 6.04 Å². The Hall–Kier alpha value is -3.98. The fourth-order valence-corrected chi connectivity index (χ4v) is 5.83. The van der Waals surface area contributed by atoms with Crippen molar-refractivity contribution >= 4 is 23.2 Å². The Morgan fingerprint density at radius 3 is 2.63 bits per heavy atom. The van der Waals surface area contributed by atoms with Crippen molar-refractivity contribution in [3.8, 4) is 5.75 Å². The molecule has 0 bridgehead atoms. The first-order valence-corrected chi connectivity index (χ1v) is 13.5. The number of fused-ring (bicyclic) bond motifs is 1. The number of aromatic nitrogens is 1. The average Bonchev–Trinajstić information content (AvgIpc) is 3.74. The largest absolute Gasteiger partial charge is 0.486 e. The van der Waals surface area contributed by atoms with Crippen LogP contribution < -0.4 is 4.74 Å². The van der Waals surface area contributed by atoms with Crippen LogP contribution in [0.2, 0.25) is 0 Å². The van der Waals surface area contributed by atoms with Crippen molar-refractivity contribution in [2.45, 2.75) is 31.9 Å². The second-order valence-corrected chi connectivity index (χ2v) is 10.4. The highest BCUT2D eigenvalue weighted by molar-refractivity contribution is 7.09. The fourth-order valence-electron chi connectivity index (χ4n) is 5.15. The number of hydrogen-bond donors (Lipinski definition) is 0. The smallest absolute Gasteiger partial charge is 0.290 e. The Bertz CT molecular complexity index is 1450.